The molecule has 0 fully saturated rings. The van der Waals surface area contributed by atoms with Gasteiger partial charge in [-0.1, -0.05) is 30.3 Å². The van der Waals surface area contributed by atoms with Crippen LogP contribution in [-0.4, -0.2) is 48.6 Å². The van der Waals surface area contributed by atoms with Gasteiger partial charge in [0.15, 0.2) is 5.78 Å². The van der Waals surface area contributed by atoms with Crippen molar-refractivity contribution in [2.45, 2.75) is 18.8 Å². The smallest absolute Gasteiger partial charge is 0.168 e. The molecule has 0 bridgehead atoms. The molecule has 5 heteroatoms. The number of carbonyl (C=O) groups excluding carboxylic acids is 1. The first kappa shape index (κ1) is 16.4. The number of hydrogen-bond donors (Lipinski definition) is 2. The molecule has 118 valence electrons. The van der Waals surface area contributed by atoms with Gasteiger partial charge in [-0.15, -0.1) is 0 Å². The number of aliphatic imine (C=N–C) groups is 1. The average Bonchev–Trinajstić information content (AvgIpc) is 2.53. The predicted octanol–water partition coefficient (Wildman–Crippen LogP) is 2.02. The minimum Gasteiger partial charge on any atom is -0.511 e. The van der Waals surface area contributed by atoms with E-state index in [2.05, 4.69) is 4.99 Å². The predicted molar refractivity (Wildman–Crippen MR) is 84.3 cm³/mol. The van der Waals surface area contributed by atoms with Gasteiger partial charge >= 0.3 is 0 Å². The van der Waals surface area contributed by atoms with Crippen molar-refractivity contribution in [3.63, 3.8) is 0 Å². The lowest BCUT2D eigenvalue weighted by Crippen LogP contribution is -2.19. The molecule has 0 saturated heterocycles. The summed E-state index contributed by atoms with van der Waals surface area (Å²) in [6.45, 7) is 1.04. The van der Waals surface area contributed by atoms with Gasteiger partial charge in [0.25, 0.3) is 0 Å². The van der Waals surface area contributed by atoms with Gasteiger partial charge in [0.1, 0.15) is 5.76 Å². The number of nitrogens with zero attached hydrogens (tertiary/aromatic N) is 1. The highest BCUT2D eigenvalue weighted by Gasteiger charge is 2.27. The summed E-state index contributed by atoms with van der Waals surface area (Å²) >= 11 is 0. The first-order valence-corrected chi connectivity index (χ1v) is 7.41. The van der Waals surface area contributed by atoms with Crippen LogP contribution in [0.4, 0.5) is 0 Å². The van der Waals surface area contributed by atoms with E-state index >= 15 is 0 Å². The van der Waals surface area contributed by atoms with Gasteiger partial charge in [0, 0.05) is 19.1 Å². The lowest BCUT2D eigenvalue weighted by molar-refractivity contribution is -0.116. The monoisotopic (exact) mass is 303 g/mol. The first-order valence-electron chi connectivity index (χ1n) is 7.41. The van der Waals surface area contributed by atoms with E-state index in [-0.39, 0.29) is 30.7 Å². The second kappa shape index (κ2) is 8.46. The van der Waals surface area contributed by atoms with Crippen LogP contribution in [0.1, 0.15) is 24.3 Å². The van der Waals surface area contributed by atoms with Crippen molar-refractivity contribution in [2.75, 3.05) is 26.4 Å². The highest BCUT2D eigenvalue weighted by Crippen LogP contribution is 2.32. The van der Waals surface area contributed by atoms with Crippen LogP contribution in [0, 0.1) is 0 Å². The maximum atomic E-state index is 12.2. The summed E-state index contributed by atoms with van der Waals surface area (Å²) in [5.41, 5.74) is 1.37. The summed E-state index contributed by atoms with van der Waals surface area (Å²) in [6.07, 6.45) is 2.27. The third kappa shape index (κ3) is 4.51. The molecule has 1 aromatic carbocycles. The molecular formula is C17H21NO4. The van der Waals surface area contributed by atoms with Crippen molar-refractivity contribution in [3.05, 3.63) is 47.2 Å². The summed E-state index contributed by atoms with van der Waals surface area (Å²) in [6, 6.07) is 9.75. The molecule has 2 rings (SSSR count). The highest BCUT2D eigenvalue weighted by atomic mass is 16.5. The van der Waals surface area contributed by atoms with Crippen LogP contribution in [0.2, 0.25) is 0 Å². The van der Waals surface area contributed by atoms with Crippen LogP contribution in [0.25, 0.3) is 0 Å². The first-order chi connectivity index (χ1) is 10.7. The minimum atomic E-state index is -0.0855. The molecule has 0 saturated carbocycles. The van der Waals surface area contributed by atoms with E-state index in [4.69, 9.17) is 9.84 Å². The lowest BCUT2D eigenvalue weighted by atomic mass is 9.83. The van der Waals surface area contributed by atoms with Gasteiger partial charge in [-0.25, -0.2) is 0 Å². The third-order valence-corrected chi connectivity index (χ3v) is 3.57. The summed E-state index contributed by atoms with van der Waals surface area (Å²) in [5.74, 6) is 0.0431. The molecule has 0 spiro atoms. The topological polar surface area (TPSA) is 79.1 Å². The van der Waals surface area contributed by atoms with Gasteiger partial charge in [-0.05, 0) is 11.5 Å². The molecule has 1 atom stereocenters. The van der Waals surface area contributed by atoms with Crippen LogP contribution >= 0.6 is 0 Å². The Morgan fingerprint density at radius 1 is 1.23 bits per heavy atom. The Labute approximate surface area is 130 Å². The van der Waals surface area contributed by atoms with Crippen LogP contribution in [0.5, 0.6) is 0 Å². The molecule has 0 aromatic heterocycles. The fourth-order valence-electron chi connectivity index (χ4n) is 2.46. The fourth-order valence-corrected chi connectivity index (χ4v) is 2.46. The Kier molecular flexibility index (Phi) is 6.30. The van der Waals surface area contributed by atoms with Crippen LogP contribution in [-0.2, 0) is 9.53 Å². The Bertz CT molecular complexity index is 551. The quantitative estimate of drug-likeness (QED) is 0.596. The van der Waals surface area contributed by atoms with Crippen molar-refractivity contribution >= 4 is 12.0 Å². The molecule has 0 amide bonds. The number of carbonyl (C=O) groups is 1. The summed E-state index contributed by atoms with van der Waals surface area (Å²) in [5, 5.41) is 18.7. The second-order valence-corrected chi connectivity index (χ2v) is 5.17. The Balaban J connectivity index is 1.95. The SMILES string of the molecule is O=C1CC(c2ccccc2)CC(O)=C1C=NCCOCCO. The molecule has 1 aliphatic rings. The van der Waals surface area contributed by atoms with E-state index in [1.165, 1.54) is 6.21 Å². The van der Waals surface area contributed by atoms with E-state index in [0.29, 0.717) is 31.6 Å². The van der Waals surface area contributed by atoms with Crippen molar-refractivity contribution in [3.8, 4) is 0 Å². The van der Waals surface area contributed by atoms with E-state index < -0.39 is 0 Å². The van der Waals surface area contributed by atoms with E-state index in [1.54, 1.807) is 0 Å². The summed E-state index contributed by atoms with van der Waals surface area (Å²) < 4.78 is 5.07. The Morgan fingerprint density at radius 3 is 2.68 bits per heavy atom. The Morgan fingerprint density at radius 2 is 2.00 bits per heavy atom. The number of ether oxygens (including phenoxy) is 1. The number of ketones is 1. The largest absolute Gasteiger partial charge is 0.511 e. The number of Topliss-reactive ketones (excluding diaryl/α,β-unsaturated/α-hetero) is 1. The summed E-state index contributed by atoms with van der Waals surface area (Å²) in [4.78, 5) is 16.3. The van der Waals surface area contributed by atoms with E-state index in [1.807, 2.05) is 30.3 Å². The molecule has 2 N–H and O–H groups in total. The van der Waals surface area contributed by atoms with E-state index in [0.717, 1.165) is 5.56 Å². The van der Waals surface area contributed by atoms with Gasteiger partial charge < -0.3 is 14.9 Å². The molecule has 1 unspecified atom stereocenters. The van der Waals surface area contributed by atoms with Gasteiger partial charge in [0.2, 0.25) is 0 Å². The number of hydrogen-bond acceptors (Lipinski definition) is 5. The van der Waals surface area contributed by atoms with Crippen LogP contribution in [0.15, 0.2) is 46.7 Å². The minimum absolute atomic E-state index is 0.0188. The molecule has 5 nitrogen and oxygen atoms in total. The van der Waals surface area contributed by atoms with Crippen molar-refractivity contribution in [1.82, 2.24) is 0 Å². The van der Waals surface area contributed by atoms with Gasteiger partial charge in [-0.3, -0.25) is 9.79 Å². The molecule has 0 heterocycles. The molecule has 22 heavy (non-hydrogen) atoms. The number of allylic oxidation sites excluding steroid dienone is 2. The third-order valence-electron chi connectivity index (χ3n) is 3.57. The average molecular weight is 303 g/mol. The van der Waals surface area contributed by atoms with Crippen LogP contribution in [0.3, 0.4) is 0 Å². The normalized spacial score (nSPS) is 19.1. The maximum absolute atomic E-state index is 12.2. The zero-order valence-corrected chi connectivity index (χ0v) is 12.4. The molecular weight excluding hydrogens is 282 g/mol. The zero-order valence-electron chi connectivity index (χ0n) is 12.4. The zero-order chi connectivity index (χ0) is 15.8. The van der Waals surface area contributed by atoms with Crippen molar-refractivity contribution in [1.29, 1.82) is 0 Å². The molecule has 1 aromatic rings. The van der Waals surface area contributed by atoms with Gasteiger partial charge in [-0.2, -0.15) is 0 Å². The summed E-state index contributed by atoms with van der Waals surface area (Å²) in [7, 11) is 0. The molecule has 1 aliphatic carbocycles. The van der Waals surface area contributed by atoms with Gasteiger partial charge in [0.05, 0.1) is 31.9 Å². The lowest BCUT2D eigenvalue weighted by Gasteiger charge is -2.22. The highest BCUT2D eigenvalue weighted by molar-refractivity contribution is 6.14. The fraction of sp³-hybridized carbons (Fsp3) is 0.412. The number of benzene rings is 1. The number of aliphatic hydroxyl groups is 2. The molecule has 0 aliphatic heterocycles. The Hall–Kier alpha value is -1.98. The number of aliphatic hydroxyl groups excluding tert-OH is 2. The number of rotatable bonds is 7. The molecule has 0 radical (unpaired) electrons. The van der Waals surface area contributed by atoms with Crippen molar-refractivity contribution in [2.24, 2.45) is 4.99 Å². The van der Waals surface area contributed by atoms with Crippen molar-refractivity contribution < 1.29 is 19.7 Å². The van der Waals surface area contributed by atoms with E-state index in [9.17, 15) is 9.90 Å². The second-order valence-electron chi connectivity index (χ2n) is 5.17. The maximum Gasteiger partial charge on any atom is 0.168 e. The van der Waals surface area contributed by atoms with Crippen LogP contribution < -0.4 is 0 Å². The standard InChI is InChI=1S/C17H21NO4/c19-7-9-22-8-6-18-12-15-16(20)10-14(11-17(15)21)13-4-2-1-3-5-13/h1-5,12,14,19-20H,6-11H2.